The third kappa shape index (κ3) is 7.95. The third-order valence-corrected chi connectivity index (χ3v) is 6.51. The molecule has 7 heteroatoms. The van der Waals surface area contributed by atoms with Gasteiger partial charge in [0.15, 0.2) is 12.4 Å². The highest BCUT2D eigenvalue weighted by Gasteiger charge is 2.21. The lowest BCUT2D eigenvalue weighted by molar-refractivity contribution is -0.124. The average molecular weight is 515 g/mol. The molecule has 3 aromatic rings. The highest BCUT2D eigenvalue weighted by Crippen LogP contribution is 2.23. The maximum atomic E-state index is 12.6. The van der Waals surface area contributed by atoms with Crippen molar-refractivity contribution in [3.05, 3.63) is 95.6 Å². The number of carbonyl (C=O) groups is 2. The number of hydrogen-bond donors (Lipinski definition) is 1. The summed E-state index contributed by atoms with van der Waals surface area (Å²) >= 11 is 0. The Morgan fingerprint density at radius 3 is 2.18 bits per heavy atom. The molecule has 1 aliphatic rings. The van der Waals surface area contributed by atoms with Gasteiger partial charge in [-0.1, -0.05) is 36.4 Å². The number of ketones is 1. The van der Waals surface area contributed by atoms with E-state index in [1.165, 1.54) is 11.6 Å². The second-order valence-electron chi connectivity index (χ2n) is 9.26. The molecule has 0 atom stereocenters. The van der Waals surface area contributed by atoms with Crippen LogP contribution in [0.4, 0.5) is 0 Å². The minimum atomic E-state index is -0.144. The molecule has 1 saturated heterocycles. The Bertz CT molecular complexity index is 1210. The van der Waals surface area contributed by atoms with E-state index in [1.807, 2.05) is 18.2 Å². The van der Waals surface area contributed by atoms with Crippen LogP contribution < -0.4 is 19.5 Å². The van der Waals surface area contributed by atoms with E-state index in [0.717, 1.165) is 38.0 Å². The van der Waals surface area contributed by atoms with Crippen LogP contribution in [0.25, 0.3) is 6.08 Å². The number of nitrogens with one attached hydrogen (secondary N) is 1. The molecule has 1 amide bonds. The van der Waals surface area contributed by atoms with E-state index >= 15 is 0 Å². The van der Waals surface area contributed by atoms with Crippen LogP contribution >= 0.6 is 0 Å². The second kappa shape index (κ2) is 13.4. The Labute approximate surface area is 224 Å². The van der Waals surface area contributed by atoms with Crippen LogP contribution in [0.2, 0.25) is 0 Å². The molecule has 1 fully saturated rings. The lowest BCUT2D eigenvalue weighted by Crippen LogP contribution is -2.45. The smallest absolute Gasteiger partial charge is 0.258 e. The number of ether oxygens (including phenoxy) is 3. The second-order valence-corrected chi connectivity index (χ2v) is 9.26. The van der Waals surface area contributed by atoms with Gasteiger partial charge in [-0.2, -0.15) is 0 Å². The van der Waals surface area contributed by atoms with Crippen molar-refractivity contribution in [1.82, 2.24) is 10.2 Å². The van der Waals surface area contributed by atoms with Crippen LogP contribution in [0, 0.1) is 0 Å². The van der Waals surface area contributed by atoms with E-state index in [-0.39, 0.29) is 24.3 Å². The van der Waals surface area contributed by atoms with Gasteiger partial charge in [0.05, 0.1) is 14.2 Å². The lowest BCUT2D eigenvalue weighted by Gasteiger charge is -2.32. The number of rotatable bonds is 11. The standard InChI is InChI=1S/C31H34N2O5/c1-36-28-18-24(19-29(20-28)37-2)8-13-30(34)25-9-11-27(12-10-25)38-22-31(35)32-26-14-16-33(17-15-26)21-23-6-4-3-5-7-23/h3-13,18-20,26H,14-17,21-22H2,1-2H3,(H,32,35)/b13-8+. The minimum Gasteiger partial charge on any atom is -0.497 e. The van der Waals surface area contributed by atoms with Gasteiger partial charge in [-0.05, 0) is 66.4 Å². The number of benzene rings is 3. The number of allylic oxidation sites excluding steroid dienone is 1. The third-order valence-electron chi connectivity index (χ3n) is 6.51. The maximum absolute atomic E-state index is 12.6. The molecule has 0 aromatic heterocycles. The largest absolute Gasteiger partial charge is 0.497 e. The predicted molar refractivity (Wildman–Crippen MR) is 148 cm³/mol. The fraction of sp³-hybridized carbons (Fsp3) is 0.290. The van der Waals surface area contributed by atoms with Crippen molar-refractivity contribution >= 4 is 17.8 Å². The first-order valence-corrected chi connectivity index (χ1v) is 12.8. The molecule has 0 bridgehead atoms. The van der Waals surface area contributed by atoms with Crippen LogP contribution in [0.5, 0.6) is 17.2 Å². The van der Waals surface area contributed by atoms with Gasteiger partial charge in [0.25, 0.3) is 5.91 Å². The molecule has 7 nitrogen and oxygen atoms in total. The van der Waals surface area contributed by atoms with Crippen molar-refractivity contribution in [3.63, 3.8) is 0 Å². The summed E-state index contributed by atoms with van der Waals surface area (Å²) in [5.41, 5.74) is 2.63. The molecule has 1 N–H and O–H groups in total. The van der Waals surface area contributed by atoms with Gasteiger partial charge >= 0.3 is 0 Å². The zero-order valence-corrected chi connectivity index (χ0v) is 21.9. The molecule has 3 aromatic carbocycles. The zero-order chi connectivity index (χ0) is 26.7. The van der Waals surface area contributed by atoms with Gasteiger partial charge in [0, 0.05) is 37.3 Å². The van der Waals surface area contributed by atoms with E-state index in [1.54, 1.807) is 50.6 Å². The van der Waals surface area contributed by atoms with Crippen molar-refractivity contribution in [2.75, 3.05) is 33.9 Å². The number of carbonyl (C=O) groups excluding carboxylic acids is 2. The lowest BCUT2D eigenvalue weighted by atomic mass is 10.0. The molecule has 198 valence electrons. The summed E-state index contributed by atoms with van der Waals surface area (Å²) in [6.07, 6.45) is 5.06. The first-order valence-electron chi connectivity index (χ1n) is 12.8. The topological polar surface area (TPSA) is 77.1 Å². The van der Waals surface area contributed by atoms with Gasteiger partial charge in [-0.3, -0.25) is 14.5 Å². The zero-order valence-electron chi connectivity index (χ0n) is 21.9. The van der Waals surface area contributed by atoms with E-state index in [4.69, 9.17) is 14.2 Å². The van der Waals surface area contributed by atoms with Gasteiger partial charge in [0.1, 0.15) is 17.2 Å². The highest BCUT2D eigenvalue weighted by molar-refractivity contribution is 6.06. The summed E-state index contributed by atoms with van der Waals surface area (Å²) in [7, 11) is 3.16. The van der Waals surface area contributed by atoms with Crippen molar-refractivity contribution in [3.8, 4) is 17.2 Å². The van der Waals surface area contributed by atoms with Gasteiger partial charge in [0.2, 0.25) is 0 Å². The molecular formula is C31H34N2O5. The van der Waals surface area contributed by atoms with Gasteiger partial charge in [-0.25, -0.2) is 0 Å². The van der Waals surface area contributed by atoms with Crippen LogP contribution in [-0.4, -0.2) is 56.5 Å². The average Bonchev–Trinajstić information content (AvgIpc) is 2.96. The number of amides is 1. The normalized spacial score (nSPS) is 14.3. The van der Waals surface area contributed by atoms with Gasteiger partial charge in [-0.15, -0.1) is 0 Å². The maximum Gasteiger partial charge on any atom is 0.258 e. The summed E-state index contributed by atoms with van der Waals surface area (Å²) in [4.78, 5) is 27.4. The molecule has 0 aliphatic carbocycles. The molecule has 0 unspecified atom stereocenters. The first-order chi connectivity index (χ1) is 18.5. The fourth-order valence-electron chi connectivity index (χ4n) is 4.40. The summed E-state index contributed by atoms with van der Waals surface area (Å²) in [5, 5.41) is 3.08. The van der Waals surface area contributed by atoms with Crippen LogP contribution in [0.15, 0.2) is 78.9 Å². The quantitative estimate of drug-likeness (QED) is 0.294. The Morgan fingerprint density at radius 2 is 1.55 bits per heavy atom. The van der Waals surface area contributed by atoms with Crippen molar-refractivity contribution in [1.29, 1.82) is 0 Å². The Balaban J connectivity index is 1.20. The predicted octanol–water partition coefficient (Wildman–Crippen LogP) is 4.76. The van der Waals surface area contributed by atoms with Crippen LogP contribution in [0.3, 0.4) is 0 Å². The fourth-order valence-corrected chi connectivity index (χ4v) is 4.40. The van der Waals surface area contributed by atoms with Crippen molar-refractivity contribution < 1.29 is 23.8 Å². The number of piperidine rings is 1. The van der Waals surface area contributed by atoms with Crippen molar-refractivity contribution in [2.24, 2.45) is 0 Å². The summed E-state index contributed by atoms with van der Waals surface area (Å²) in [6, 6.07) is 22.8. The Kier molecular flexibility index (Phi) is 9.54. The molecule has 1 aliphatic heterocycles. The number of nitrogens with zero attached hydrogens (tertiary/aromatic N) is 1. The Hall–Kier alpha value is -4.10. The van der Waals surface area contributed by atoms with Crippen LogP contribution in [0.1, 0.15) is 34.3 Å². The van der Waals surface area contributed by atoms with Gasteiger partial charge < -0.3 is 19.5 Å². The minimum absolute atomic E-state index is 0.0604. The SMILES string of the molecule is COc1cc(/C=C/C(=O)c2ccc(OCC(=O)NC3CCN(Cc4ccccc4)CC3)cc2)cc(OC)c1. The summed E-state index contributed by atoms with van der Waals surface area (Å²) in [6.45, 7) is 2.79. The van der Waals surface area contributed by atoms with Crippen molar-refractivity contribution in [2.45, 2.75) is 25.4 Å². The van der Waals surface area contributed by atoms with E-state index in [9.17, 15) is 9.59 Å². The highest BCUT2D eigenvalue weighted by atomic mass is 16.5. The van der Waals surface area contributed by atoms with E-state index < -0.39 is 0 Å². The molecular weight excluding hydrogens is 480 g/mol. The molecule has 1 heterocycles. The molecule has 0 spiro atoms. The van der Waals surface area contributed by atoms with Crippen LogP contribution in [-0.2, 0) is 11.3 Å². The summed E-state index contributed by atoms with van der Waals surface area (Å²) in [5.74, 6) is 1.56. The Morgan fingerprint density at radius 1 is 0.895 bits per heavy atom. The summed E-state index contributed by atoms with van der Waals surface area (Å²) < 4.78 is 16.2. The molecule has 0 radical (unpaired) electrons. The number of methoxy groups -OCH3 is 2. The molecule has 38 heavy (non-hydrogen) atoms. The number of likely N-dealkylation sites (tertiary alicyclic amines) is 1. The van der Waals surface area contributed by atoms with E-state index in [0.29, 0.717) is 22.8 Å². The van der Waals surface area contributed by atoms with E-state index in [2.05, 4.69) is 34.5 Å². The first kappa shape index (κ1) is 26.9. The molecule has 0 saturated carbocycles. The monoisotopic (exact) mass is 514 g/mol. The molecule has 4 rings (SSSR count). The number of hydrogen-bond acceptors (Lipinski definition) is 6.